The standard InChI is InChI=1S/C8H9N5O2/c9-13-10-5-4-6-2-1-3-7(11-6)12-8(14)15/h1-3H,4-5H2,(H,11,12)(H,14,15). The molecule has 0 spiro atoms. The molecule has 7 heteroatoms. The summed E-state index contributed by atoms with van der Waals surface area (Å²) in [6, 6.07) is 4.97. The Morgan fingerprint density at radius 1 is 1.67 bits per heavy atom. The van der Waals surface area contributed by atoms with E-state index < -0.39 is 6.09 Å². The number of hydrogen-bond acceptors (Lipinski definition) is 3. The van der Waals surface area contributed by atoms with Gasteiger partial charge in [-0.25, -0.2) is 9.78 Å². The predicted octanol–water partition coefficient (Wildman–Crippen LogP) is 2.02. The van der Waals surface area contributed by atoms with Gasteiger partial charge in [0, 0.05) is 17.2 Å². The maximum absolute atomic E-state index is 10.3. The van der Waals surface area contributed by atoms with Crippen LogP contribution in [0.25, 0.3) is 10.4 Å². The zero-order valence-electron chi connectivity index (χ0n) is 7.79. The van der Waals surface area contributed by atoms with Crippen LogP contribution in [-0.4, -0.2) is 22.7 Å². The van der Waals surface area contributed by atoms with Crippen molar-refractivity contribution >= 4 is 11.9 Å². The fourth-order valence-corrected chi connectivity index (χ4v) is 1.01. The van der Waals surface area contributed by atoms with Crippen molar-refractivity contribution in [1.82, 2.24) is 4.98 Å². The van der Waals surface area contributed by atoms with Crippen LogP contribution in [0.3, 0.4) is 0 Å². The van der Waals surface area contributed by atoms with Crippen molar-refractivity contribution in [2.45, 2.75) is 6.42 Å². The average Bonchev–Trinajstić information content (AvgIpc) is 2.18. The summed E-state index contributed by atoms with van der Waals surface area (Å²) in [6.07, 6.45) is -0.672. The summed E-state index contributed by atoms with van der Waals surface area (Å²) >= 11 is 0. The lowest BCUT2D eigenvalue weighted by molar-refractivity contribution is 0.209. The molecule has 1 rings (SSSR count). The highest BCUT2D eigenvalue weighted by Gasteiger charge is 2.00. The van der Waals surface area contributed by atoms with Crippen LogP contribution in [0.2, 0.25) is 0 Å². The van der Waals surface area contributed by atoms with Crippen LogP contribution < -0.4 is 5.32 Å². The van der Waals surface area contributed by atoms with Gasteiger partial charge in [0.2, 0.25) is 0 Å². The molecule has 0 saturated heterocycles. The number of amides is 1. The molecule has 0 unspecified atom stereocenters. The number of hydrogen-bond donors (Lipinski definition) is 2. The van der Waals surface area contributed by atoms with Crippen molar-refractivity contribution in [2.24, 2.45) is 5.11 Å². The summed E-state index contributed by atoms with van der Waals surface area (Å²) in [6.45, 7) is 0.306. The summed E-state index contributed by atoms with van der Waals surface area (Å²) in [5, 5.41) is 14.0. The van der Waals surface area contributed by atoms with Gasteiger partial charge >= 0.3 is 6.09 Å². The average molecular weight is 207 g/mol. The molecule has 1 heterocycles. The van der Waals surface area contributed by atoms with Gasteiger partial charge in [-0.3, -0.25) is 5.32 Å². The molecule has 0 atom stereocenters. The molecule has 15 heavy (non-hydrogen) atoms. The molecule has 7 nitrogen and oxygen atoms in total. The second kappa shape index (κ2) is 5.46. The minimum atomic E-state index is -1.16. The van der Waals surface area contributed by atoms with Gasteiger partial charge in [-0.1, -0.05) is 11.2 Å². The number of azide groups is 1. The Kier molecular flexibility index (Phi) is 3.93. The number of aromatic nitrogens is 1. The van der Waals surface area contributed by atoms with Gasteiger partial charge in [0.1, 0.15) is 5.82 Å². The van der Waals surface area contributed by atoms with Crippen molar-refractivity contribution < 1.29 is 9.90 Å². The second-order valence-corrected chi connectivity index (χ2v) is 2.65. The van der Waals surface area contributed by atoms with Gasteiger partial charge in [0.05, 0.1) is 0 Å². The quantitative estimate of drug-likeness (QED) is 0.447. The van der Waals surface area contributed by atoms with E-state index in [0.29, 0.717) is 18.7 Å². The van der Waals surface area contributed by atoms with E-state index >= 15 is 0 Å². The smallest absolute Gasteiger partial charge is 0.410 e. The molecule has 2 N–H and O–H groups in total. The molecule has 0 radical (unpaired) electrons. The molecular formula is C8H9N5O2. The van der Waals surface area contributed by atoms with E-state index in [-0.39, 0.29) is 5.82 Å². The van der Waals surface area contributed by atoms with Crippen molar-refractivity contribution in [3.8, 4) is 0 Å². The monoisotopic (exact) mass is 207 g/mol. The number of rotatable bonds is 4. The third kappa shape index (κ3) is 3.97. The van der Waals surface area contributed by atoms with Crippen molar-refractivity contribution in [2.75, 3.05) is 11.9 Å². The molecule has 0 aliphatic carbocycles. The first-order chi connectivity index (χ1) is 7.22. The number of pyridine rings is 1. The lowest BCUT2D eigenvalue weighted by Crippen LogP contribution is -2.09. The number of nitrogens with zero attached hydrogens (tertiary/aromatic N) is 4. The van der Waals surface area contributed by atoms with Crippen LogP contribution in [-0.2, 0) is 6.42 Å². The summed E-state index contributed by atoms with van der Waals surface area (Å²) in [7, 11) is 0. The first-order valence-corrected chi connectivity index (χ1v) is 4.19. The van der Waals surface area contributed by atoms with Gasteiger partial charge in [-0.15, -0.1) is 0 Å². The molecule has 0 fully saturated rings. The van der Waals surface area contributed by atoms with E-state index in [1.807, 2.05) is 0 Å². The Morgan fingerprint density at radius 2 is 2.47 bits per heavy atom. The topological polar surface area (TPSA) is 111 Å². The lowest BCUT2D eigenvalue weighted by atomic mass is 10.3. The van der Waals surface area contributed by atoms with Gasteiger partial charge in [-0.2, -0.15) is 0 Å². The molecule has 1 aromatic rings. The second-order valence-electron chi connectivity index (χ2n) is 2.65. The van der Waals surface area contributed by atoms with Crippen LogP contribution in [0, 0.1) is 0 Å². The molecule has 0 bridgehead atoms. The molecule has 0 aliphatic rings. The molecule has 1 amide bonds. The maximum atomic E-state index is 10.3. The van der Waals surface area contributed by atoms with Crippen molar-refractivity contribution in [3.63, 3.8) is 0 Å². The molecule has 0 saturated carbocycles. The lowest BCUT2D eigenvalue weighted by Gasteiger charge is -2.01. The first kappa shape index (κ1) is 10.8. The zero-order chi connectivity index (χ0) is 11.1. The van der Waals surface area contributed by atoms with Crippen molar-refractivity contribution in [1.29, 1.82) is 0 Å². The predicted molar refractivity (Wildman–Crippen MR) is 53.6 cm³/mol. The first-order valence-electron chi connectivity index (χ1n) is 4.19. The fraction of sp³-hybridized carbons (Fsp3) is 0.250. The molecule has 0 aliphatic heterocycles. The minimum Gasteiger partial charge on any atom is -0.465 e. The van der Waals surface area contributed by atoms with Crippen LogP contribution in [0.15, 0.2) is 23.3 Å². The molecule has 78 valence electrons. The van der Waals surface area contributed by atoms with Crippen molar-refractivity contribution in [3.05, 3.63) is 34.3 Å². The third-order valence-electron chi connectivity index (χ3n) is 1.57. The largest absolute Gasteiger partial charge is 0.465 e. The van der Waals surface area contributed by atoms with Crippen LogP contribution >= 0.6 is 0 Å². The number of nitrogens with one attached hydrogen (secondary N) is 1. The Hall–Kier alpha value is -2.27. The molecule has 1 aromatic heterocycles. The Morgan fingerprint density at radius 3 is 3.13 bits per heavy atom. The van der Waals surface area contributed by atoms with E-state index in [1.165, 1.54) is 0 Å². The normalized spacial score (nSPS) is 9.07. The number of carboxylic acid groups (broad SMARTS) is 1. The van der Waals surface area contributed by atoms with E-state index in [1.54, 1.807) is 18.2 Å². The maximum Gasteiger partial charge on any atom is 0.410 e. The van der Waals surface area contributed by atoms with E-state index in [9.17, 15) is 4.79 Å². The third-order valence-corrected chi connectivity index (χ3v) is 1.57. The highest BCUT2D eigenvalue weighted by atomic mass is 16.4. The van der Waals surface area contributed by atoms with Gasteiger partial charge in [-0.05, 0) is 24.1 Å². The molecule has 0 aromatic carbocycles. The van der Waals surface area contributed by atoms with E-state index in [2.05, 4.69) is 20.3 Å². The summed E-state index contributed by atoms with van der Waals surface area (Å²) in [5.41, 5.74) is 8.74. The minimum absolute atomic E-state index is 0.265. The van der Waals surface area contributed by atoms with Crippen LogP contribution in [0.4, 0.5) is 10.6 Å². The molecular weight excluding hydrogens is 198 g/mol. The van der Waals surface area contributed by atoms with Crippen LogP contribution in [0.5, 0.6) is 0 Å². The van der Waals surface area contributed by atoms with Gasteiger partial charge in [0.15, 0.2) is 0 Å². The summed E-state index contributed by atoms with van der Waals surface area (Å²) in [5.74, 6) is 0.265. The Bertz CT molecular complexity index is 400. The fourth-order valence-electron chi connectivity index (χ4n) is 1.01. The summed E-state index contributed by atoms with van der Waals surface area (Å²) in [4.78, 5) is 16.9. The number of carbonyl (C=O) groups is 1. The highest BCUT2D eigenvalue weighted by Crippen LogP contribution is 2.05. The van der Waals surface area contributed by atoms with Crippen LogP contribution in [0.1, 0.15) is 5.69 Å². The number of anilines is 1. The zero-order valence-corrected chi connectivity index (χ0v) is 7.79. The van der Waals surface area contributed by atoms with Gasteiger partial charge < -0.3 is 5.11 Å². The van der Waals surface area contributed by atoms with E-state index in [4.69, 9.17) is 10.6 Å². The highest BCUT2D eigenvalue weighted by molar-refractivity contribution is 5.81. The Balaban J connectivity index is 2.65. The Labute approximate surface area is 85.4 Å². The van der Waals surface area contributed by atoms with Gasteiger partial charge in [0.25, 0.3) is 0 Å². The van der Waals surface area contributed by atoms with E-state index in [0.717, 1.165) is 0 Å². The summed E-state index contributed by atoms with van der Waals surface area (Å²) < 4.78 is 0. The SMILES string of the molecule is [N-]=[N+]=NCCc1cccc(NC(=O)O)n1.